The van der Waals surface area contributed by atoms with Gasteiger partial charge in [-0.05, 0) is 56.4 Å². The topological polar surface area (TPSA) is 55.8 Å². The summed E-state index contributed by atoms with van der Waals surface area (Å²) in [5.41, 5.74) is 0.529. The van der Waals surface area contributed by atoms with Crippen molar-refractivity contribution in [3.05, 3.63) is 42.0 Å². The number of carbonyl (C=O) groups excluding carboxylic acids is 1. The van der Waals surface area contributed by atoms with E-state index in [-0.39, 0.29) is 19.2 Å². The van der Waals surface area contributed by atoms with Crippen LogP contribution in [0, 0.1) is 0 Å². The highest BCUT2D eigenvalue weighted by Crippen LogP contribution is 2.14. The van der Waals surface area contributed by atoms with Crippen molar-refractivity contribution in [2.24, 2.45) is 0 Å². The van der Waals surface area contributed by atoms with Crippen molar-refractivity contribution in [3.8, 4) is 5.75 Å². The van der Waals surface area contributed by atoms with Crippen LogP contribution in [0.2, 0.25) is 0 Å². The van der Waals surface area contributed by atoms with Gasteiger partial charge in [0.1, 0.15) is 12.4 Å². The molecule has 1 aromatic rings. The zero-order chi connectivity index (χ0) is 22.4. The van der Waals surface area contributed by atoms with Crippen molar-refractivity contribution in [1.82, 2.24) is 0 Å². The van der Waals surface area contributed by atoms with Crippen LogP contribution in [0.15, 0.2) is 36.4 Å². The fourth-order valence-corrected chi connectivity index (χ4v) is 3.45. The predicted octanol–water partition coefficient (Wildman–Crippen LogP) is 7.25. The van der Waals surface area contributed by atoms with Crippen molar-refractivity contribution in [2.75, 3.05) is 19.8 Å². The molecule has 0 aliphatic rings. The maximum Gasteiger partial charge on any atom is 0.338 e. The van der Waals surface area contributed by atoms with E-state index in [1.807, 2.05) is 0 Å². The molecule has 4 nitrogen and oxygen atoms in total. The molecular formula is C27H44O4. The van der Waals surface area contributed by atoms with Crippen molar-refractivity contribution in [1.29, 1.82) is 0 Å². The van der Waals surface area contributed by atoms with Gasteiger partial charge in [-0.3, -0.25) is 0 Å². The van der Waals surface area contributed by atoms with Gasteiger partial charge >= 0.3 is 5.97 Å². The van der Waals surface area contributed by atoms with Gasteiger partial charge in [-0.25, -0.2) is 4.79 Å². The molecule has 176 valence electrons. The van der Waals surface area contributed by atoms with Gasteiger partial charge in [-0.2, -0.15) is 0 Å². The molecule has 0 radical (unpaired) electrons. The number of esters is 1. The molecule has 0 amide bonds. The standard InChI is InChI=1S/C27H44O4/c1-2-3-4-5-6-7-8-9-10-11-12-13-14-15-16-17-23-31-27(29)25-18-20-26(21-19-25)30-24-22-28/h9-10,18-21,28H,2-8,11-17,22-24H2,1H3/b10-9-. The number of ether oxygens (including phenoxy) is 2. The average Bonchev–Trinajstić information content (AvgIpc) is 2.80. The number of hydrogen-bond donors (Lipinski definition) is 1. The number of hydrogen-bond acceptors (Lipinski definition) is 4. The lowest BCUT2D eigenvalue weighted by molar-refractivity contribution is 0.0497. The van der Waals surface area contributed by atoms with Gasteiger partial charge in [0.15, 0.2) is 0 Å². The van der Waals surface area contributed by atoms with Gasteiger partial charge in [-0.15, -0.1) is 0 Å². The van der Waals surface area contributed by atoms with Crippen LogP contribution in [0.4, 0.5) is 0 Å². The third-order valence-electron chi connectivity index (χ3n) is 5.34. The third-order valence-corrected chi connectivity index (χ3v) is 5.34. The molecule has 1 aromatic carbocycles. The number of unbranched alkanes of at least 4 members (excludes halogenated alkanes) is 12. The maximum atomic E-state index is 12.0. The van der Waals surface area contributed by atoms with Crippen molar-refractivity contribution >= 4 is 5.97 Å². The Hall–Kier alpha value is -1.81. The molecule has 0 aromatic heterocycles. The summed E-state index contributed by atoms with van der Waals surface area (Å²) in [6, 6.07) is 6.82. The lowest BCUT2D eigenvalue weighted by atomic mass is 10.1. The largest absolute Gasteiger partial charge is 0.491 e. The minimum absolute atomic E-state index is 0.0276. The first-order valence-corrected chi connectivity index (χ1v) is 12.4. The Morgan fingerprint density at radius 2 is 1.32 bits per heavy atom. The van der Waals surface area contributed by atoms with Gasteiger partial charge in [0.2, 0.25) is 0 Å². The van der Waals surface area contributed by atoms with E-state index in [0.29, 0.717) is 17.9 Å². The van der Waals surface area contributed by atoms with Crippen LogP contribution in [0.25, 0.3) is 0 Å². The second-order valence-electron chi connectivity index (χ2n) is 8.17. The molecule has 1 rings (SSSR count). The Morgan fingerprint density at radius 3 is 1.90 bits per heavy atom. The fourth-order valence-electron chi connectivity index (χ4n) is 3.45. The molecule has 0 fully saturated rings. The Bertz CT molecular complexity index is 565. The molecule has 0 atom stereocenters. The molecule has 4 heteroatoms. The highest BCUT2D eigenvalue weighted by molar-refractivity contribution is 5.89. The smallest absolute Gasteiger partial charge is 0.338 e. The first-order chi connectivity index (χ1) is 15.3. The second-order valence-corrected chi connectivity index (χ2v) is 8.17. The zero-order valence-corrected chi connectivity index (χ0v) is 19.7. The molecule has 31 heavy (non-hydrogen) atoms. The van der Waals surface area contributed by atoms with E-state index >= 15 is 0 Å². The molecule has 0 saturated heterocycles. The third kappa shape index (κ3) is 15.6. The number of allylic oxidation sites excluding steroid dienone is 2. The van der Waals surface area contributed by atoms with E-state index in [1.54, 1.807) is 24.3 Å². The quantitative estimate of drug-likeness (QED) is 0.134. The molecule has 0 bridgehead atoms. The number of carbonyl (C=O) groups is 1. The Kier molecular flexibility index (Phi) is 17.7. The van der Waals surface area contributed by atoms with Gasteiger partial charge in [-0.1, -0.05) is 76.9 Å². The van der Waals surface area contributed by atoms with E-state index in [4.69, 9.17) is 14.6 Å². The van der Waals surface area contributed by atoms with E-state index < -0.39 is 0 Å². The van der Waals surface area contributed by atoms with Crippen LogP contribution >= 0.6 is 0 Å². The summed E-state index contributed by atoms with van der Waals surface area (Å²) in [6.07, 6.45) is 22.5. The molecule has 0 unspecified atom stereocenters. The summed E-state index contributed by atoms with van der Waals surface area (Å²) in [4.78, 5) is 12.0. The molecule has 1 N–H and O–H groups in total. The number of aliphatic hydroxyl groups excluding tert-OH is 1. The Balaban J connectivity index is 1.90. The molecule has 0 spiro atoms. The second kappa shape index (κ2) is 20.1. The maximum absolute atomic E-state index is 12.0. The van der Waals surface area contributed by atoms with Crippen LogP contribution < -0.4 is 4.74 Å². The highest BCUT2D eigenvalue weighted by Gasteiger charge is 2.07. The summed E-state index contributed by atoms with van der Waals surface area (Å²) in [5.74, 6) is 0.348. The van der Waals surface area contributed by atoms with Crippen LogP contribution in [-0.4, -0.2) is 30.9 Å². The highest BCUT2D eigenvalue weighted by atomic mass is 16.5. The minimum atomic E-state index is -0.290. The first kappa shape index (κ1) is 27.2. The van der Waals surface area contributed by atoms with Gasteiger partial charge in [0.05, 0.1) is 18.8 Å². The van der Waals surface area contributed by atoms with E-state index in [9.17, 15) is 4.79 Å². The summed E-state index contributed by atoms with van der Waals surface area (Å²) in [5, 5.41) is 8.74. The Labute approximate surface area is 190 Å². The van der Waals surface area contributed by atoms with Gasteiger partial charge < -0.3 is 14.6 Å². The van der Waals surface area contributed by atoms with Crippen molar-refractivity contribution < 1.29 is 19.4 Å². The summed E-state index contributed by atoms with van der Waals surface area (Å²) < 4.78 is 10.6. The number of aliphatic hydroxyl groups is 1. The van der Waals surface area contributed by atoms with E-state index in [0.717, 1.165) is 12.8 Å². The summed E-state index contributed by atoms with van der Waals surface area (Å²) in [7, 11) is 0. The van der Waals surface area contributed by atoms with Gasteiger partial charge in [0, 0.05) is 0 Å². The monoisotopic (exact) mass is 432 g/mol. The van der Waals surface area contributed by atoms with Crippen LogP contribution in [0.5, 0.6) is 5.75 Å². The number of benzene rings is 1. The Morgan fingerprint density at radius 1 is 0.774 bits per heavy atom. The van der Waals surface area contributed by atoms with E-state index in [2.05, 4.69) is 19.1 Å². The van der Waals surface area contributed by atoms with E-state index in [1.165, 1.54) is 77.0 Å². The molecule has 0 aliphatic heterocycles. The summed E-state index contributed by atoms with van der Waals surface area (Å²) in [6.45, 7) is 2.96. The molecular weight excluding hydrogens is 388 g/mol. The van der Waals surface area contributed by atoms with Crippen LogP contribution in [0.3, 0.4) is 0 Å². The van der Waals surface area contributed by atoms with Crippen LogP contribution in [-0.2, 0) is 4.74 Å². The first-order valence-electron chi connectivity index (χ1n) is 12.4. The SMILES string of the molecule is CCCCCCCC/C=C\CCCCCCCCOC(=O)c1ccc(OCCO)cc1. The lowest BCUT2D eigenvalue weighted by Gasteiger charge is -2.07. The molecule has 0 aliphatic carbocycles. The van der Waals surface area contributed by atoms with Crippen molar-refractivity contribution in [2.45, 2.75) is 96.8 Å². The normalized spacial score (nSPS) is 11.2. The zero-order valence-electron chi connectivity index (χ0n) is 19.7. The number of rotatable bonds is 20. The summed E-state index contributed by atoms with van der Waals surface area (Å²) >= 11 is 0. The predicted molar refractivity (Wildman–Crippen MR) is 129 cm³/mol. The molecule has 0 saturated carbocycles. The lowest BCUT2D eigenvalue weighted by Crippen LogP contribution is -2.07. The van der Waals surface area contributed by atoms with Crippen molar-refractivity contribution in [3.63, 3.8) is 0 Å². The minimum Gasteiger partial charge on any atom is -0.491 e. The van der Waals surface area contributed by atoms with Gasteiger partial charge in [0.25, 0.3) is 0 Å². The van der Waals surface area contributed by atoms with Crippen LogP contribution in [0.1, 0.15) is 107 Å². The fraction of sp³-hybridized carbons (Fsp3) is 0.667. The average molecular weight is 433 g/mol. The molecule has 0 heterocycles.